The van der Waals surface area contributed by atoms with Gasteiger partial charge in [0.2, 0.25) is 0 Å². The number of amides is 1. The van der Waals surface area contributed by atoms with Gasteiger partial charge in [0, 0.05) is 28.6 Å². The summed E-state index contributed by atoms with van der Waals surface area (Å²) in [6, 6.07) is 11.0. The summed E-state index contributed by atoms with van der Waals surface area (Å²) in [6.07, 6.45) is 1.53. The lowest BCUT2D eigenvalue weighted by Crippen LogP contribution is -2.25. The van der Waals surface area contributed by atoms with Crippen LogP contribution in [0, 0.1) is 0 Å². The van der Waals surface area contributed by atoms with E-state index in [-0.39, 0.29) is 18.4 Å². The van der Waals surface area contributed by atoms with Crippen LogP contribution in [0.5, 0.6) is 0 Å². The van der Waals surface area contributed by atoms with Gasteiger partial charge in [0.1, 0.15) is 0 Å². The van der Waals surface area contributed by atoms with Crippen molar-refractivity contribution in [3.8, 4) is 0 Å². The van der Waals surface area contributed by atoms with Crippen molar-refractivity contribution in [2.75, 3.05) is 13.2 Å². The summed E-state index contributed by atoms with van der Waals surface area (Å²) in [7, 11) is 0. The zero-order chi connectivity index (χ0) is 15.1. The average molecular weight is 324 g/mol. The zero-order valence-corrected chi connectivity index (χ0v) is 13.2. The van der Waals surface area contributed by atoms with E-state index in [1.54, 1.807) is 35.6 Å². The van der Waals surface area contributed by atoms with Crippen molar-refractivity contribution < 1.29 is 9.90 Å². The molecule has 1 unspecified atom stereocenters. The Bertz CT molecular complexity index is 571. The monoisotopic (exact) mass is 323 g/mol. The van der Waals surface area contributed by atoms with E-state index in [1.807, 2.05) is 11.4 Å². The number of halogens is 1. The Morgan fingerprint density at radius 1 is 1.29 bits per heavy atom. The summed E-state index contributed by atoms with van der Waals surface area (Å²) < 4.78 is 0. The first-order valence-corrected chi connectivity index (χ1v) is 8.14. The molecule has 21 heavy (non-hydrogen) atoms. The van der Waals surface area contributed by atoms with Gasteiger partial charge in [0.15, 0.2) is 0 Å². The summed E-state index contributed by atoms with van der Waals surface area (Å²) in [5.41, 5.74) is 0.567. The first-order chi connectivity index (χ1) is 10.2. The lowest BCUT2D eigenvalue weighted by molar-refractivity contribution is 0.0952. The van der Waals surface area contributed by atoms with Gasteiger partial charge in [0.25, 0.3) is 5.91 Å². The van der Waals surface area contributed by atoms with Crippen LogP contribution in [0.15, 0.2) is 41.8 Å². The van der Waals surface area contributed by atoms with Crippen LogP contribution in [-0.2, 0) is 0 Å². The Hall–Kier alpha value is -1.36. The van der Waals surface area contributed by atoms with Crippen molar-refractivity contribution in [2.24, 2.45) is 0 Å². The standard InChI is InChI=1S/C16H18ClNO2S/c17-14-4-1-3-13(11-14)16(20)18-8-6-12(7-9-19)15-5-2-10-21-15/h1-5,10-12,19H,6-9H2,(H,18,20). The number of carbonyl (C=O) groups excluding carboxylic acids is 1. The molecule has 1 atom stereocenters. The van der Waals surface area contributed by atoms with Gasteiger partial charge >= 0.3 is 0 Å². The van der Waals surface area contributed by atoms with Crippen LogP contribution in [-0.4, -0.2) is 24.2 Å². The highest BCUT2D eigenvalue weighted by atomic mass is 35.5. The molecule has 1 aromatic carbocycles. The Morgan fingerprint density at radius 2 is 2.14 bits per heavy atom. The number of hydrogen-bond donors (Lipinski definition) is 2. The Morgan fingerprint density at radius 3 is 2.81 bits per heavy atom. The number of aliphatic hydroxyl groups is 1. The van der Waals surface area contributed by atoms with Crippen LogP contribution in [0.4, 0.5) is 0 Å². The number of carbonyl (C=O) groups is 1. The predicted octanol–water partition coefficient (Wildman–Crippen LogP) is 3.69. The molecule has 0 aliphatic rings. The molecule has 0 fully saturated rings. The van der Waals surface area contributed by atoms with Crippen LogP contribution in [0.25, 0.3) is 0 Å². The molecular weight excluding hydrogens is 306 g/mol. The van der Waals surface area contributed by atoms with Crippen LogP contribution >= 0.6 is 22.9 Å². The smallest absolute Gasteiger partial charge is 0.251 e. The summed E-state index contributed by atoms with van der Waals surface area (Å²) in [6.45, 7) is 0.735. The van der Waals surface area contributed by atoms with Gasteiger partial charge in [-0.1, -0.05) is 23.7 Å². The second-order valence-electron chi connectivity index (χ2n) is 4.78. The largest absolute Gasteiger partial charge is 0.396 e. The van der Waals surface area contributed by atoms with Crippen molar-refractivity contribution in [1.82, 2.24) is 5.32 Å². The molecular formula is C16H18ClNO2S. The van der Waals surface area contributed by atoms with E-state index in [1.165, 1.54) is 4.88 Å². The molecule has 3 nitrogen and oxygen atoms in total. The minimum Gasteiger partial charge on any atom is -0.396 e. The molecule has 2 rings (SSSR count). The normalized spacial score (nSPS) is 12.1. The second kappa shape index (κ2) is 8.17. The SMILES string of the molecule is O=C(NCCC(CCO)c1cccs1)c1cccc(Cl)c1. The highest BCUT2D eigenvalue weighted by Crippen LogP contribution is 2.26. The maximum Gasteiger partial charge on any atom is 0.251 e. The maximum atomic E-state index is 12.0. The van der Waals surface area contributed by atoms with Gasteiger partial charge in [-0.3, -0.25) is 4.79 Å². The molecule has 5 heteroatoms. The van der Waals surface area contributed by atoms with E-state index >= 15 is 0 Å². The van der Waals surface area contributed by atoms with Crippen molar-refractivity contribution in [3.05, 3.63) is 57.2 Å². The molecule has 2 N–H and O–H groups in total. The van der Waals surface area contributed by atoms with E-state index < -0.39 is 0 Å². The van der Waals surface area contributed by atoms with Gasteiger partial charge in [-0.15, -0.1) is 11.3 Å². The summed E-state index contributed by atoms with van der Waals surface area (Å²) in [5.74, 6) is 0.168. The lowest BCUT2D eigenvalue weighted by atomic mass is 10.00. The topological polar surface area (TPSA) is 49.3 Å². The molecule has 1 aromatic heterocycles. The molecule has 1 heterocycles. The Labute approximate surface area is 133 Å². The Balaban J connectivity index is 1.86. The minimum absolute atomic E-state index is 0.119. The van der Waals surface area contributed by atoms with Gasteiger partial charge in [-0.2, -0.15) is 0 Å². The van der Waals surface area contributed by atoms with E-state index in [9.17, 15) is 4.79 Å². The fourth-order valence-electron chi connectivity index (χ4n) is 2.20. The third-order valence-electron chi connectivity index (χ3n) is 3.29. The number of hydrogen-bond acceptors (Lipinski definition) is 3. The molecule has 0 saturated carbocycles. The minimum atomic E-state index is -0.119. The second-order valence-corrected chi connectivity index (χ2v) is 6.20. The van der Waals surface area contributed by atoms with Crippen molar-refractivity contribution in [1.29, 1.82) is 0 Å². The van der Waals surface area contributed by atoms with Gasteiger partial charge < -0.3 is 10.4 Å². The Kier molecular flexibility index (Phi) is 6.23. The first-order valence-electron chi connectivity index (χ1n) is 6.88. The van der Waals surface area contributed by atoms with E-state index in [0.717, 1.165) is 6.42 Å². The maximum absolute atomic E-state index is 12.0. The molecule has 0 saturated heterocycles. The fraction of sp³-hybridized carbons (Fsp3) is 0.312. The lowest BCUT2D eigenvalue weighted by Gasteiger charge is -2.14. The number of rotatable bonds is 7. The molecule has 1 amide bonds. The van der Waals surface area contributed by atoms with E-state index in [2.05, 4.69) is 11.4 Å². The van der Waals surface area contributed by atoms with E-state index in [4.69, 9.17) is 16.7 Å². The van der Waals surface area contributed by atoms with Crippen LogP contribution in [0.1, 0.15) is 34.0 Å². The predicted molar refractivity (Wildman–Crippen MR) is 87.2 cm³/mol. The summed E-state index contributed by atoms with van der Waals surface area (Å²) in [5, 5.41) is 14.6. The molecule has 0 radical (unpaired) electrons. The summed E-state index contributed by atoms with van der Waals surface area (Å²) >= 11 is 7.56. The van der Waals surface area contributed by atoms with Gasteiger partial charge in [-0.05, 0) is 48.4 Å². The molecule has 0 aliphatic carbocycles. The van der Waals surface area contributed by atoms with Crippen LogP contribution in [0.2, 0.25) is 5.02 Å². The average Bonchev–Trinajstić information content (AvgIpc) is 3.00. The number of thiophene rings is 1. The fourth-order valence-corrected chi connectivity index (χ4v) is 3.29. The highest BCUT2D eigenvalue weighted by molar-refractivity contribution is 7.10. The number of aliphatic hydroxyl groups excluding tert-OH is 1. The highest BCUT2D eigenvalue weighted by Gasteiger charge is 2.13. The third kappa shape index (κ3) is 4.84. The van der Waals surface area contributed by atoms with Crippen LogP contribution < -0.4 is 5.32 Å². The van der Waals surface area contributed by atoms with Crippen LogP contribution in [0.3, 0.4) is 0 Å². The number of benzene rings is 1. The van der Waals surface area contributed by atoms with E-state index in [0.29, 0.717) is 23.6 Å². The van der Waals surface area contributed by atoms with Crippen molar-refractivity contribution in [2.45, 2.75) is 18.8 Å². The summed E-state index contributed by atoms with van der Waals surface area (Å²) in [4.78, 5) is 13.3. The molecule has 112 valence electrons. The van der Waals surface area contributed by atoms with Crippen molar-refractivity contribution in [3.63, 3.8) is 0 Å². The zero-order valence-electron chi connectivity index (χ0n) is 11.6. The molecule has 0 bridgehead atoms. The quantitative estimate of drug-likeness (QED) is 0.816. The molecule has 2 aromatic rings. The first kappa shape index (κ1) is 16.0. The molecule has 0 aliphatic heterocycles. The van der Waals surface area contributed by atoms with Gasteiger partial charge in [0.05, 0.1) is 0 Å². The third-order valence-corrected chi connectivity index (χ3v) is 4.56. The van der Waals surface area contributed by atoms with Crippen molar-refractivity contribution >= 4 is 28.8 Å². The number of nitrogens with one attached hydrogen (secondary N) is 1. The molecule has 0 spiro atoms. The van der Waals surface area contributed by atoms with Gasteiger partial charge in [-0.25, -0.2) is 0 Å².